The van der Waals surface area contributed by atoms with Crippen molar-refractivity contribution in [2.24, 2.45) is 0 Å². The van der Waals surface area contributed by atoms with Gasteiger partial charge in [-0.25, -0.2) is 4.98 Å². The Balaban J connectivity index is 1.19. The van der Waals surface area contributed by atoms with Crippen LogP contribution in [-0.4, -0.2) is 21.4 Å². The lowest BCUT2D eigenvalue weighted by Crippen LogP contribution is -2.41. The van der Waals surface area contributed by atoms with Crippen molar-refractivity contribution < 1.29 is 9.59 Å². The third-order valence-electron chi connectivity index (χ3n) is 6.31. The van der Waals surface area contributed by atoms with Crippen LogP contribution in [0.3, 0.4) is 0 Å². The lowest BCUT2D eigenvalue weighted by molar-refractivity contribution is -0.122. The Bertz CT molecular complexity index is 1220. The van der Waals surface area contributed by atoms with E-state index in [1.54, 1.807) is 11.3 Å². The van der Waals surface area contributed by atoms with Gasteiger partial charge >= 0.3 is 0 Å². The zero-order chi connectivity index (χ0) is 22.1. The normalized spacial score (nSPS) is 15.6. The predicted octanol–water partition coefficient (Wildman–Crippen LogP) is 3.52. The summed E-state index contributed by atoms with van der Waals surface area (Å²) in [5.41, 5.74) is 7.33. The van der Waals surface area contributed by atoms with E-state index in [1.165, 1.54) is 50.4 Å². The third kappa shape index (κ3) is 4.23. The highest BCUT2D eigenvalue weighted by atomic mass is 32.1. The average Bonchev–Trinajstić information content (AvgIpc) is 3.31. The smallest absolute Gasteiger partial charge is 0.279 e. The molecule has 3 heterocycles. The van der Waals surface area contributed by atoms with Crippen LogP contribution in [-0.2, 0) is 37.0 Å². The van der Waals surface area contributed by atoms with Crippen LogP contribution < -0.4 is 16.4 Å². The molecule has 0 bridgehead atoms. The molecule has 0 aliphatic heterocycles. The van der Waals surface area contributed by atoms with E-state index in [-0.39, 0.29) is 30.3 Å². The zero-order valence-electron chi connectivity index (χ0n) is 17.9. The summed E-state index contributed by atoms with van der Waals surface area (Å²) in [6.07, 6.45) is 11.4. The number of carbonyl (C=O) groups excluding carboxylic acids is 2. The van der Waals surface area contributed by atoms with E-state index in [0.717, 1.165) is 60.7 Å². The van der Waals surface area contributed by atoms with Gasteiger partial charge in [0.15, 0.2) is 0 Å². The maximum absolute atomic E-state index is 13.0. The van der Waals surface area contributed by atoms with Crippen molar-refractivity contribution in [2.75, 3.05) is 0 Å². The van der Waals surface area contributed by atoms with Crippen LogP contribution in [0.25, 0.3) is 10.2 Å². The topological polar surface area (TPSA) is 93.1 Å². The molecule has 3 aromatic rings. The van der Waals surface area contributed by atoms with Crippen LogP contribution in [0.5, 0.6) is 0 Å². The SMILES string of the molecule is O=C(CCn1cnc2sc3c(c2c1=O)CCCC3)NNC(=O)c1cc2c(s1)CCCCC2. The lowest BCUT2D eigenvalue weighted by atomic mass is 9.97. The number of fused-ring (bicyclic) bond motifs is 4. The highest BCUT2D eigenvalue weighted by Crippen LogP contribution is 2.33. The molecule has 0 radical (unpaired) electrons. The minimum absolute atomic E-state index is 0.0775. The molecule has 2 aliphatic rings. The molecule has 0 unspecified atom stereocenters. The number of nitrogens with zero attached hydrogens (tertiary/aromatic N) is 2. The summed E-state index contributed by atoms with van der Waals surface area (Å²) in [7, 11) is 0. The van der Waals surface area contributed by atoms with Gasteiger partial charge in [0.1, 0.15) is 4.83 Å². The van der Waals surface area contributed by atoms with Crippen LogP contribution in [0.15, 0.2) is 17.2 Å². The summed E-state index contributed by atoms with van der Waals surface area (Å²) in [6, 6.07) is 1.95. The first kappa shape index (κ1) is 21.3. The first-order valence-electron chi connectivity index (χ1n) is 11.3. The Morgan fingerprint density at radius 1 is 0.969 bits per heavy atom. The summed E-state index contributed by atoms with van der Waals surface area (Å²) in [5, 5.41) is 0.721. The van der Waals surface area contributed by atoms with Gasteiger partial charge in [0.2, 0.25) is 5.91 Å². The molecule has 7 nitrogen and oxygen atoms in total. The lowest BCUT2D eigenvalue weighted by Gasteiger charge is -2.10. The standard InChI is InChI=1S/C23H26N4O3S2/c28-19(25-26-21(29)18-12-14-6-2-1-3-8-16(14)31-18)10-11-27-13-24-22-20(23(27)30)15-7-4-5-9-17(15)32-22/h12-13H,1-11H2,(H,25,28)(H,26,29). The summed E-state index contributed by atoms with van der Waals surface area (Å²) in [6.45, 7) is 0.224. The summed E-state index contributed by atoms with van der Waals surface area (Å²) >= 11 is 3.13. The molecular formula is C23H26N4O3S2. The molecule has 0 saturated heterocycles. The van der Waals surface area contributed by atoms with Crippen molar-refractivity contribution >= 4 is 44.7 Å². The highest BCUT2D eigenvalue weighted by molar-refractivity contribution is 7.18. The Hall–Kier alpha value is -2.52. The van der Waals surface area contributed by atoms with Gasteiger partial charge in [0.05, 0.1) is 16.6 Å². The number of rotatable bonds is 4. The summed E-state index contributed by atoms with van der Waals surface area (Å²) in [5.74, 6) is -0.627. The molecule has 3 aromatic heterocycles. The number of hydrazine groups is 1. The van der Waals surface area contributed by atoms with Gasteiger partial charge in [-0.15, -0.1) is 22.7 Å². The Labute approximate surface area is 193 Å². The Kier molecular flexibility index (Phi) is 6.10. The van der Waals surface area contributed by atoms with Gasteiger partial charge in [0.25, 0.3) is 11.5 Å². The molecule has 2 N–H and O–H groups in total. The van der Waals surface area contributed by atoms with Crippen molar-refractivity contribution in [1.82, 2.24) is 20.4 Å². The van der Waals surface area contributed by atoms with E-state index in [4.69, 9.17) is 0 Å². The first-order valence-corrected chi connectivity index (χ1v) is 12.9. The van der Waals surface area contributed by atoms with Gasteiger partial charge in [-0.2, -0.15) is 0 Å². The van der Waals surface area contributed by atoms with Crippen molar-refractivity contribution in [3.63, 3.8) is 0 Å². The number of carbonyl (C=O) groups is 2. The third-order valence-corrected chi connectivity index (χ3v) is 8.74. The largest absolute Gasteiger partial charge is 0.298 e. The number of nitrogens with one attached hydrogen (secondary N) is 2. The van der Waals surface area contributed by atoms with Crippen LogP contribution in [0.1, 0.15) is 69.1 Å². The van der Waals surface area contributed by atoms with Crippen LogP contribution in [0, 0.1) is 0 Å². The monoisotopic (exact) mass is 470 g/mol. The highest BCUT2D eigenvalue weighted by Gasteiger charge is 2.20. The van der Waals surface area contributed by atoms with Crippen molar-refractivity contribution in [3.05, 3.63) is 48.5 Å². The van der Waals surface area contributed by atoms with E-state index in [9.17, 15) is 14.4 Å². The number of hydrogen-bond donors (Lipinski definition) is 2. The predicted molar refractivity (Wildman–Crippen MR) is 126 cm³/mol. The number of amides is 2. The quantitative estimate of drug-likeness (QED) is 0.451. The van der Waals surface area contributed by atoms with Crippen LogP contribution >= 0.6 is 22.7 Å². The molecule has 0 fully saturated rings. The molecule has 2 aliphatic carbocycles. The fraction of sp³-hybridized carbons (Fsp3) is 0.478. The van der Waals surface area contributed by atoms with E-state index in [0.29, 0.717) is 4.88 Å². The maximum atomic E-state index is 13.0. The van der Waals surface area contributed by atoms with Gasteiger partial charge in [-0.05, 0) is 68.6 Å². The summed E-state index contributed by atoms with van der Waals surface area (Å²) < 4.78 is 1.50. The fourth-order valence-electron chi connectivity index (χ4n) is 4.59. The molecule has 9 heteroatoms. The number of hydrogen-bond acceptors (Lipinski definition) is 6. The second-order valence-electron chi connectivity index (χ2n) is 8.51. The molecular weight excluding hydrogens is 444 g/mol. The molecule has 5 rings (SSSR count). The van der Waals surface area contributed by atoms with Crippen LogP contribution in [0.2, 0.25) is 0 Å². The zero-order valence-corrected chi connectivity index (χ0v) is 19.5. The molecule has 0 saturated carbocycles. The minimum Gasteiger partial charge on any atom is -0.298 e. The van der Waals surface area contributed by atoms with Gasteiger partial charge in [-0.3, -0.25) is 29.8 Å². The molecule has 0 spiro atoms. The number of aromatic nitrogens is 2. The van der Waals surface area contributed by atoms with Crippen LogP contribution in [0.4, 0.5) is 0 Å². The molecule has 168 valence electrons. The summed E-state index contributed by atoms with van der Waals surface area (Å²) in [4.78, 5) is 46.2. The van der Waals surface area contributed by atoms with Gasteiger partial charge < -0.3 is 0 Å². The minimum atomic E-state index is -0.337. The van der Waals surface area contributed by atoms with E-state index in [1.807, 2.05) is 6.07 Å². The van der Waals surface area contributed by atoms with E-state index in [2.05, 4.69) is 15.8 Å². The molecule has 0 atom stereocenters. The maximum Gasteiger partial charge on any atom is 0.279 e. The second-order valence-corrected chi connectivity index (χ2v) is 10.7. The second kappa shape index (κ2) is 9.15. The van der Waals surface area contributed by atoms with E-state index >= 15 is 0 Å². The van der Waals surface area contributed by atoms with Gasteiger partial charge in [0, 0.05) is 22.7 Å². The molecule has 0 aromatic carbocycles. The van der Waals surface area contributed by atoms with Crippen molar-refractivity contribution in [2.45, 2.75) is 70.8 Å². The first-order chi connectivity index (χ1) is 15.6. The Morgan fingerprint density at radius 3 is 2.66 bits per heavy atom. The van der Waals surface area contributed by atoms with Gasteiger partial charge in [-0.1, -0.05) is 6.42 Å². The average molecular weight is 471 g/mol. The molecule has 2 amide bonds. The van der Waals surface area contributed by atoms with Crippen molar-refractivity contribution in [1.29, 1.82) is 0 Å². The Morgan fingerprint density at radius 2 is 1.75 bits per heavy atom. The molecule has 32 heavy (non-hydrogen) atoms. The fourth-order valence-corrected chi connectivity index (χ4v) is 6.96. The van der Waals surface area contributed by atoms with Crippen molar-refractivity contribution in [3.8, 4) is 0 Å². The number of thiophene rings is 2. The number of aryl methyl sites for hydroxylation is 5. The van der Waals surface area contributed by atoms with E-state index < -0.39 is 0 Å².